The predicted octanol–water partition coefficient (Wildman–Crippen LogP) is 2.56. The van der Waals surface area contributed by atoms with E-state index in [0.29, 0.717) is 0 Å². The first-order valence-corrected chi connectivity index (χ1v) is 6.18. The van der Waals surface area contributed by atoms with E-state index < -0.39 is 17.5 Å². The fourth-order valence-electron chi connectivity index (χ4n) is 1.68. The summed E-state index contributed by atoms with van der Waals surface area (Å²) in [6.45, 7) is 0. The quantitative estimate of drug-likeness (QED) is 0.762. The fourth-order valence-corrected chi connectivity index (χ4v) is 1.84. The van der Waals surface area contributed by atoms with Crippen molar-refractivity contribution in [1.82, 2.24) is 0 Å². The van der Waals surface area contributed by atoms with Crippen molar-refractivity contribution in [1.29, 1.82) is 0 Å². The van der Waals surface area contributed by atoms with Gasteiger partial charge in [-0.2, -0.15) is 0 Å². The number of hydrogen-bond acceptors (Lipinski definition) is 3. The molecule has 0 fully saturated rings. The van der Waals surface area contributed by atoms with Gasteiger partial charge in [0.15, 0.2) is 0 Å². The van der Waals surface area contributed by atoms with E-state index in [1.807, 2.05) is 0 Å². The van der Waals surface area contributed by atoms with E-state index in [2.05, 4.69) is 17.5 Å². The Morgan fingerprint density at radius 1 is 1.14 bits per heavy atom. The van der Waals surface area contributed by atoms with Crippen LogP contribution in [-0.2, 0) is 0 Å². The van der Waals surface area contributed by atoms with Crippen molar-refractivity contribution in [2.24, 2.45) is 5.73 Å². The number of carbonyl (C=O) groups excluding carboxylic acids is 1. The average Bonchev–Trinajstić information content (AvgIpc) is 2.43. The molecule has 0 aliphatic rings. The van der Waals surface area contributed by atoms with Gasteiger partial charge < -0.3 is 16.2 Å². The molecule has 0 aliphatic carbocycles. The lowest BCUT2D eigenvalue weighted by molar-refractivity contribution is 0.102. The highest BCUT2D eigenvalue weighted by atomic mass is 32.1. The van der Waals surface area contributed by atoms with Gasteiger partial charge in [-0.1, -0.05) is 12.2 Å². The summed E-state index contributed by atoms with van der Waals surface area (Å²) in [6.07, 6.45) is 0. The summed E-state index contributed by atoms with van der Waals surface area (Å²) < 4.78 is 26.5. The van der Waals surface area contributed by atoms with Crippen LogP contribution in [-0.4, -0.2) is 16.0 Å². The monoisotopic (exact) mass is 308 g/mol. The van der Waals surface area contributed by atoms with Crippen LogP contribution in [0, 0.1) is 11.6 Å². The van der Waals surface area contributed by atoms with Crippen LogP contribution >= 0.6 is 12.2 Å². The van der Waals surface area contributed by atoms with E-state index in [4.69, 9.17) is 5.73 Å². The molecule has 1 amide bonds. The molecule has 0 aliphatic heterocycles. The van der Waals surface area contributed by atoms with Crippen LogP contribution in [0.1, 0.15) is 15.9 Å². The maximum Gasteiger partial charge on any atom is 0.259 e. The molecule has 2 aromatic carbocycles. The minimum Gasteiger partial charge on any atom is -0.507 e. The minimum absolute atomic E-state index is 0.0220. The number of nitrogens with one attached hydrogen (secondary N) is 1. The standard InChI is InChI=1S/C14H10F2N2O2S/c15-7-1-4-12(19)10(5-7)14(20)18-8-2-3-11(16)9(6-8)13(17)21/h1-6,19H,(H2,17,21)(H,18,20). The molecule has 2 aromatic rings. The van der Waals surface area contributed by atoms with Crippen LogP contribution in [0.4, 0.5) is 14.5 Å². The molecule has 0 unspecified atom stereocenters. The van der Waals surface area contributed by atoms with Crippen molar-refractivity contribution in [3.05, 3.63) is 59.2 Å². The third kappa shape index (κ3) is 3.32. The lowest BCUT2D eigenvalue weighted by atomic mass is 10.1. The van der Waals surface area contributed by atoms with Gasteiger partial charge in [-0.3, -0.25) is 4.79 Å². The Bertz CT molecular complexity index is 735. The van der Waals surface area contributed by atoms with Gasteiger partial charge in [-0.25, -0.2) is 8.78 Å². The summed E-state index contributed by atoms with van der Waals surface area (Å²) >= 11 is 4.69. The Hall–Kier alpha value is -2.54. The third-order valence-corrected chi connectivity index (χ3v) is 2.91. The number of halogens is 2. The molecular formula is C14H10F2N2O2S. The highest BCUT2D eigenvalue weighted by molar-refractivity contribution is 7.80. The van der Waals surface area contributed by atoms with Gasteiger partial charge in [0.25, 0.3) is 5.91 Å². The Morgan fingerprint density at radius 3 is 2.52 bits per heavy atom. The second-order valence-corrected chi connectivity index (χ2v) is 4.61. The zero-order valence-corrected chi connectivity index (χ0v) is 11.4. The van der Waals surface area contributed by atoms with Crippen LogP contribution < -0.4 is 11.1 Å². The van der Waals surface area contributed by atoms with Crippen molar-refractivity contribution in [3.63, 3.8) is 0 Å². The summed E-state index contributed by atoms with van der Waals surface area (Å²) in [4.78, 5) is 11.8. The number of nitrogens with two attached hydrogens (primary N) is 1. The number of amides is 1. The highest BCUT2D eigenvalue weighted by Gasteiger charge is 2.14. The summed E-state index contributed by atoms with van der Waals surface area (Å²) in [7, 11) is 0. The van der Waals surface area contributed by atoms with E-state index in [1.54, 1.807) is 0 Å². The predicted molar refractivity (Wildman–Crippen MR) is 78.3 cm³/mol. The number of hydrogen-bond donors (Lipinski definition) is 3. The second kappa shape index (κ2) is 5.84. The van der Waals surface area contributed by atoms with Gasteiger partial charge in [-0.05, 0) is 36.4 Å². The smallest absolute Gasteiger partial charge is 0.259 e. The first kappa shape index (κ1) is 14.9. The topological polar surface area (TPSA) is 75.3 Å². The number of carbonyl (C=O) groups is 1. The number of aromatic hydroxyl groups is 1. The van der Waals surface area contributed by atoms with Gasteiger partial charge in [0.2, 0.25) is 0 Å². The lowest BCUT2D eigenvalue weighted by Crippen LogP contribution is -2.15. The molecule has 0 aromatic heterocycles. The number of phenolic OH excluding ortho intramolecular Hbond substituents is 1. The molecule has 2 rings (SSSR count). The minimum atomic E-state index is -0.743. The van der Waals surface area contributed by atoms with Crippen molar-refractivity contribution in [2.75, 3.05) is 5.32 Å². The Morgan fingerprint density at radius 2 is 1.86 bits per heavy atom. The summed E-state index contributed by atoms with van der Waals surface area (Å²) in [5.74, 6) is -2.40. The zero-order valence-electron chi connectivity index (χ0n) is 10.6. The van der Waals surface area contributed by atoms with Crippen molar-refractivity contribution >= 4 is 28.8 Å². The first-order valence-electron chi connectivity index (χ1n) is 5.77. The maximum atomic E-state index is 13.4. The van der Waals surface area contributed by atoms with E-state index in [-0.39, 0.29) is 27.6 Å². The Kier molecular flexibility index (Phi) is 4.13. The zero-order chi connectivity index (χ0) is 15.6. The number of anilines is 1. The Balaban J connectivity index is 2.29. The van der Waals surface area contributed by atoms with Crippen LogP contribution in [0.25, 0.3) is 0 Å². The lowest BCUT2D eigenvalue weighted by Gasteiger charge is -2.09. The average molecular weight is 308 g/mol. The summed E-state index contributed by atoms with van der Waals surface area (Å²) in [5.41, 5.74) is 5.31. The van der Waals surface area contributed by atoms with Crippen LogP contribution in [0.15, 0.2) is 36.4 Å². The normalized spacial score (nSPS) is 10.2. The summed E-state index contributed by atoms with van der Waals surface area (Å²) in [5, 5.41) is 11.9. The van der Waals surface area contributed by atoms with Gasteiger partial charge in [-0.15, -0.1) is 0 Å². The van der Waals surface area contributed by atoms with Crippen molar-refractivity contribution < 1.29 is 18.7 Å². The molecule has 0 atom stereocenters. The number of rotatable bonds is 3. The number of phenols is 1. The molecule has 0 heterocycles. The molecule has 7 heteroatoms. The van der Waals surface area contributed by atoms with Crippen molar-refractivity contribution in [3.8, 4) is 5.75 Å². The van der Waals surface area contributed by atoms with E-state index in [1.165, 1.54) is 12.1 Å². The fraction of sp³-hybridized carbons (Fsp3) is 0. The van der Waals surface area contributed by atoms with Gasteiger partial charge in [0.05, 0.1) is 5.56 Å². The number of benzene rings is 2. The SMILES string of the molecule is NC(=S)c1cc(NC(=O)c2cc(F)ccc2O)ccc1F. The molecule has 0 saturated carbocycles. The van der Waals surface area contributed by atoms with Crippen molar-refractivity contribution in [2.45, 2.75) is 0 Å². The maximum absolute atomic E-state index is 13.4. The van der Waals surface area contributed by atoms with Gasteiger partial charge in [0.1, 0.15) is 22.4 Å². The molecule has 108 valence electrons. The highest BCUT2D eigenvalue weighted by Crippen LogP contribution is 2.21. The third-order valence-electron chi connectivity index (χ3n) is 2.69. The van der Waals surface area contributed by atoms with Gasteiger partial charge >= 0.3 is 0 Å². The van der Waals surface area contributed by atoms with E-state index >= 15 is 0 Å². The van der Waals surface area contributed by atoms with Gasteiger partial charge in [0, 0.05) is 11.3 Å². The molecule has 4 N–H and O–H groups in total. The summed E-state index contributed by atoms with van der Waals surface area (Å²) in [6, 6.07) is 6.62. The molecule has 0 bridgehead atoms. The number of thiocarbonyl (C=S) groups is 1. The first-order chi connectivity index (χ1) is 9.88. The van der Waals surface area contributed by atoms with Crippen LogP contribution in [0.5, 0.6) is 5.75 Å². The molecule has 4 nitrogen and oxygen atoms in total. The van der Waals surface area contributed by atoms with E-state index in [9.17, 15) is 18.7 Å². The van der Waals surface area contributed by atoms with Crippen LogP contribution in [0.2, 0.25) is 0 Å². The molecule has 0 saturated heterocycles. The molecule has 0 spiro atoms. The largest absolute Gasteiger partial charge is 0.507 e. The van der Waals surface area contributed by atoms with E-state index in [0.717, 1.165) is 24.3 Å². The molecule has 0 radical (unpaired) electrons. The Labute approximate surface area is 124 Å². The second-order valence-electron chi connectivity index (χ2n) is 4.17. The molecular weight excluding hydrogens is 298 g/mol. The van der Waals surface area contributed by atoms with Crippen LogP contribution in [0.3, 0.4) is 0 Å². The molecule has 21 heavy (non-hydrogen) atoms.